The lowest BCUT2D eigenvalue weighted by atomic mass is 9.88. The fourth-order valence-corrected chi connectivity index (χ4v) is 2.13. The molecule has 4 heteroatoms. The molecule has 18 heavy (non-hydrogen) atoms. The Labute approximate surface area is 110 Å². The largest absolute Gasteiger partial charge is 0.389 e. The predicted octanol–water partition coefficient (Wildman–Crippen LogP) is 1.92. The average Bonchev–Trinajstić information content (AvgIpc) is 2.54. The number of aliphatic hydroxyl groups is 1. The van der Waals surface area contributed by atoms with E-state index in [-0.39, 0.29) is 0 Å². The Morgan fingerprint density at radius 1 is 1.44 bits per heavy atom. The highest BCUT2D eigenvalue weighted by molar-refractivity contribution is 5.24. The van der Waals surface area contributed by atoms with Gasteiger partial charge in [0.1, 0.15) is 0 Å². The molecule has 0 saturated heterocycles. The minimum absolute atomic E-state index is 0.293. The summed E-state index contributed by atoms with van der Waals surface area (Å²) in [7, 11) is 1.96. The molecule has 2 N–H and O–H groups in total. The second-order valence-electron chi connectivity index (χ2n) is 5.54. The molecule has 0 bridgehead atoms. The minimum Gasteiger partial charge on any atom is -0.389 e. The van der Waals surface area contributed by atoms with Gasteiger partial charge in [0.2, 0.25) is 0 Å². The molecule has 0 amide bonds. The van der Waals surface area contributed by atoms with Gasteiger partial charge in [0.15, 0.2) is 0 Å². The Bertz CT molecular complexity index is 396. The van der Waals surface area contributed by atoms with Crippen LogP contribution in [-0.2, 0) is 13.6 Å². The molecule has 4 nitrogen and oxygen atoms in total. The van der Waals surface area contributed by atoms with E-state index < -0.39 is 5.60 Å². The van der Waals surface area contributed by atoms with Crippen LogP contribution in [0.4, 0.5) is 0 Å². The average molecular weight is 253 g/mol. The number of rotatable bonds is 6. The molecule has 1 aromatic rings. The highest BCUT2D eigenvalue weighted by atomic mass is 16.3. The normalized spacial score (nSPS) is 16.6. The van der Waals surface area contributed by atoms with Crippen molar-refractivity contribution < 1.29 is 5.11 Å². The topological polar surface area (TPSA) is 50.1 Å². The molecular formula is C14H27N3O. The van der Waals surface area contributed by atoms with Crippen molar-refractivity contribution in [3.8, 4) is 0 Å². The second-order valence-corrected chi connectivity index (χ2v) is 5.54. The quantitative estimate of drug-likeness (QED) is 0.814. The van der Waals surface area contributed by atoms with Crippen LogP contribution in [0.2, 0.25) is 0 Å². The highest BCUT2D eigenvalue weighted by Gasteiger charge is 2.26. The first-order valence-corrected chi connectivity index (χ1v) is 6.71. The van der Waals surface area contributed by atoms with Crippen LogP contribution >= 0.6 is 0 Å². The highest BCUT2D eigenvalue weighted by Crippen LogP contribution is 2.19. The van der Waals surface area contributed by atoms with Gasteiger partial charge in [-0.3, -0.25) is 4.68 Å². The molecule has 0 aliphatic rings. The third-order valence-electron chi connectivity index (χ3n) is 4.12. The van der Waals surface area contributed by atoms with Gasteiger partial charge in [0, 0.05) is 31.4 Å². The van der Waals surface area contributed by atoms with Gasteiger partial charge in [-0.2, -0.15) is 5.10 Å². The van der Waals surface area contributed by atoms with Gasteiger partial charge in [-0.25, -0.2) is 0 Å². The molecule has 2 unspecified atom stereocenters. The van der Waals surface area contributed by atoms with Crippen molar-refractivity contribution >= 4 is 0 Å². The van der Waals surface area contributed by atoms with Gasteiger partial charge < -0.3 is 10.4 Å². The van der Waals surface area contributed by atoms with Crippen molar-refractivity contribution in [2.75, 3.05) is 6.54 Å². The Morgan fingerprint density at radius 2 is 2.06 bits per heavy atom. The zero-order valence-corrected chi connectivity index (χ0v) is 12.5. The lowest BCUT2D eigenvalue weighted by Gasteiger charge is -2.30. The predicted molar refractivity (Wildman–Crippen MR) is 74.5 cm³/mol. The first kappa shape index (κ1) is 15.2. The number of hydrogen-bond donors (Lipinski definition) is 2. The Morgan fingerprint density at radius 3 is 2.50 bits per heavy atom. The Kier molecular flexibility index (Phi) is 4.93. The molecule has 0 fully saturated rings. The van der Waals surface area contributed by atoms with Gasteiger partial charge >= 0.3 is 0 Å². The maximum atomic E-state index is 10.3. The van der Waals surface area contributed by atoms with E-state index >= 15 is 0 Å². The fraction of sp³-hybridized carbons (Fsp3) is 0.786. The summed E-state index contributed by atoms with van der Waals surface area (Å²) in [5.74, 6) is 0.293. The lowest BCUT2D eigenvalue weighted by Crippen LogP contribution is -2.42. The first-order valence-electron chi connectivity index (χ1n) is 6.71. The zero-order valence-electron chi connectivity index (χ0n) is 12.5. The van der Waals surface area contributed by atoms with Crippen molar-refractivity contribution in [1.29, 1.82) is 0 Å². The molecule has 0 saturated carbocycles. The third kappa shape index (κ3) is 3.33. The minimum atomic E-state index is -0.654. The van der Waals surface area contributed by atoms with Gasteiger partial charge in [-0.05, 0) is 26.7 Å². The van der Waals surface area contributed by atoms with E-state index in [0.29, 0.717) is 12.5 Å². The van der Waals surface area contributed by atoms with Crippen molar-refractivity contribution in [1.82, 2.24) is 15.1 Å². The summed E-state index contributed by atoms with van der Waals surface area (Å²) in [6.45, 7) is 11.6. The van der Waals surface area contributed by atoms with Gasteiger partial charge in [0.05, 0.1) is 11.3 Å². The van der Waals surface area contributed by atoms with E-state index in [1.165, 1.54) is 11.3 Å². The fourth-order valence-electron chi connectivity index (χ4n) is 2.13. The van der Waals surface area contributed by atoms with E-state index in [1.807, 2.05) is 25.6 Å². The van der Waals surface area contributed by atoms with Crippen LogP contribution in [0.3, 0.4) is 0 Å². The van der Waals surface area contributed by atoms with Crippen molar-refractivity contribution in [3.63, 3.8) is 0 Å². The number of aromatic nitrogens is 2. The van der Waals surface area contributed by atoms with Crippen LogP contribution in [0.1, 0.15) is 44.1 Å². The van der Waals surface area contributed by atoms with Crippen LogP contribution in [-0.4, -0.2) is 27.0 Å². The molecule has 0 aliphatic heterocycles. The molecule has 1 aromatic heterocycles. The van der Waals surface area contributed by atoms with Gasteiger partial charge in [0.25, 0.3) is 0 Å². The lowest BCUT2D eigenvalue weighted by molar-refractivity contribution is 0.00532. The maximum Gasteiger partial charge on any atom is 0.0768 e. The van der Waals surface area contributed by atoms with E-state index in [0.717, 1.165) is 18.7 Å². The van der Waals surface area contributed by atoms with Crippen molar-refractivity contribution in [2.45, 2.75) is 53.2 Å². The zero-order chi connectivity index (χ0) is 13.9. The third-order valence-corrected chi connectivity index (χ3v) is 4.12. The number of aryl methyl sites for hydroxylation is 2. The number of hydrogen-bond acceptors (Lipinski definition) is 3. The summed E-state index contributed by atoms with van der Waals surface area (Å²) in [4.78, 5) is 0. The van der Waals surface area contributed by atoms with E-state index in [2.05, 4.69) is 31.2 Å². The van der Waals surface area contributed by atoms with Crippen LogP contribution in [0.25, 0.3) is 0 Å². The summed E-state index contributed by atoms with van der Waals surface area (Å²) in [6.07, 6.45) is 0.986. The van der Waals surface area contributed by atoms with Crippen LogP contribution in [0.15, 0.2) is 0 Å². The standard InChI is InChI=1S/C14H27N3O/c1-7-10(2)14(5,18)9-15-8-13-11(3)16-17(6)12(13)4/h10,15,18H,7-9H2,1-6H3. The monoisotopic (exact) mass is 253 g/mol. The summed E-state index contributed by atoms with van der Waals surface area (Å²) >= 11 is 0. The Balaban J connectivity index is 2.56. The van der Waals surface area contributed by atoms with E-state index in [9.17, 15) is 5.11 Å². The van der Waals surface area contributed by atoms with Gasteiger partial charge in [-0.15, -0.1) is 0 Å². The molecule has 0 aliphatic carbocycles. The molecule has 1 rings (SSSR count). The molecular weight excluding hydrogens is 226 g/mol. The molecule has 0 radical (unpaired) electrons. The van der Waals surface area contributed by atoms with Crippen LogP contribution < -0.4 is 5.32 Å². The van der Waals surface area contributed by atoms with Crippen molar-refractivity contribution in [3.05, 3.63) is 17.0 Å². The molecule has 0 spiro atoms. The second kappa shape index (κ2) is 5.85. The van der Waals surface area contributed by atoms with E-state index in [4.69, 9.17) is 0 Å². The summed E-state index contributed by atoms with van der Waals surface area (Å²) in [6, 6.07) is 0. The summed E-state index contributed by atoms with van der Waals surface area (Å²) in [5, 5.41) is 18.1. The molecule has 1 heterocycles. The van der Waals surface area contributed by atoms with Crippen molar-refractivity contribution in [2.24, 2.45) is 13.0 Å². The maximum absolute atomic E-state index is 10.3. The van der Waals surface area contributed by atoms with Gasteiger partial charge in [-0.1, -0.05) is 20.3 Å². The Hall–Kier alpha value is -0.870. The van der Waals surface area contributed by atoms with E-state index in [1.54, 1.807) is 0 Å². The summed E-state index contributed by atoms with van der Waals surface area (Å²) in [5.41, 5.74) is 2.82. The SMILES string of the molecule is CCC(C)C(C)(O)CNCc1c(C)nn(C)c1C. The number of nitrogens with zero attached hydrogens (tertiary/aromatic N) is 2. The smallest absolute Gasteiger partial charge is 0.0768 e. The molecule has 0 aromatic carbocycles. The molecule has 2 atom stereocenters. The number of nitrogens with one attached hydrogen (secondary N) is 1. The van der Waals surface area contributed by atoms with Crippen LogP contribution in [0.5, 0.6) is 0 Å². The summed E-state index contributed by atoms with van der Waals surface area (Å²) < 4.78 is 1.90. The molecule has 104 valence electrons. The first-order chi connectivity index (χ1) is 8.29. The van der Waals surface area contributed by atoms with Crippen LogP contribution in [0, 0.1) is 19.8 Å².